The van der Waals surface area contributed by atoms with Gasteiger partial charge in [-0.1, -0.05) is 72.0 Å². The summed E-state index contributed by atoms with van der Waals surface area (Å²) in [5.74, 6) is 6.12. The van der Waals surface area contributed by atoms with Crippen molar-refractivity contribution < 1.29 is 9.53 Å². The number of rotatable bonds is 4. The zero-order valence-corrected chi connectivity index (χ0v) is 17.8. The van der Waals surface area contributed by atoms with E-state index >= 15 is 0 Å². The van der Waals surface area contributed by atoms with E-state index in [0.29, 0.717) is 35.8 Å². The minimum Gasteiger partial charge on any atom is -0.449 e. The summed E-state index contributed by atoms with van der Waals surface area (Å²) in [5, 5.41) is 3.12. The van der Waals surface area contributed by atoms with Gasteiger partial charge < -0.3 is 15.0 Å². The number of amides is 1. The van der Waals surface area contributed by atoms with Gasteiger partial charge in [-0.3, -0.25) is 0 Å². The molecule has 4 aromatic rings. The Balaban J connectivity index is 1.15. The lowest BCUT2D eigenvalue weighted by Gasteiger charge is -2.14. The van der Waals surface area contributed by atoms with Crippen LogP contribution in [0.4, 0.5) is 4.79 Å². The normalized spacial score (nSPS) is 12.0. The van der Waals surface area contributed by atoms with Crippen LogP contribution in [0.1, 0.15) is 29.0 Å². The van der Waals surface area contributed by atoms with Gasteiger partial charge in [0.05, 0.1) is 5.56 Å². The summed E-state index contributed by atoms with van der Waals surface area (Å²) in [6, 6.07) is 16.5. The number of nitrogens with one attached hydrogen (secondary N) is 2. The Morgan fingerprint density at radius 1 is 1.09 bits per heavy atom. The van der Waals surface area contributed by atoms with Gasteiger partial charge in [0, 0.05) is 25.1 Å². The van der Waals surface area contributed by atoms with Crippen molar-refractivity contribution in [2.24, 2.45) is 0 Å². The van der Waals surface area contributed by atoms with Crippen LogP contribution in [-0.4, -0.2) is 34.2 Å². The molecule has 32 heavy (non-hydrogen) atoms. The second-order valence-corrected chi connectivity index (χ2v) is 7.75. The predicted octanol–water partition coefficient (Wildman–Crippen LogP) is 4.89. The number of benzene rings is 2. The Morgan fingerprint density at radius 3 is 2.56 bits per heavy atom. The minimum absolute atomic E-state index is 0.0450. The van der Waals surface area contributed by atoms with Gasteiger partial charge in [0.15, 0.2) is 5.15 Å². The van der Waals surface area contributed by atoms with Crippen LogP contribution in [0.3, 0.4) is 0 Å². The molecular formula is C25H19ClN4O2. The molecule has 5 rings (SSSR count). The summed E-state index contributed by atoms with van der Waals surface area (Å²) in [4.78, 5) is 23.4. The van der Waals surface area contributed by atoms with Crippen molar-refractivity contribution in [1.82, 2.24) is 20.3 Å². The number of ether oxygens (including phenoxy) is 1. The molecule has 2 heterocycles. The number of aromatic amines is 1. The smallest absolute Gasteiger partial charge is 0.407 e. The standard InChI is InChI=1S/C25H19ClN4O2/c26-24-23-22(29-15-30-24)16(13-28-23)7-5-6-12-27-25(31)32-14-21-19-10-3-1-8-17(19)18-9-2-4-11-20(18)21/h1-4,8-11,13,15,21,28H,6,12,14H2,(H,27,31). The van der Waals surface area contributed by atoms with Gasteiger partial charge in [-0.25, -0.2) is 14.8 Å². The van der Waals surface area contributed by atoms with Gasteiger partial charge in [-0.2, -0.15) is 0 Å². The van der Waals surface area contributed by atoms with Crippen molar-refractivity contribution >= 4 is 28.7 Å². The zero-order chi connectivity index (χ0) is 21.9. The van der Waals surface area contributed by atoms with Crippen LogP contribution in [0.25, 0.3) is 22.2 Å². The maximum Gasteiger partial charge on any atom is 0.407 e. The number of nitrogens with zero attached hydrogens (tertiary/aromatic N) is 2. The summed E-state index contributed by atoms with van der Waals surface area (Å²) in [7, 11) is 0. The first-order valence-electron chi connectivity index (χ1n) is 10.3. The molecule has 0 saturated heterocycles. The number of alkyl carbamates (subject to hydrolysis) is 1. The lowest BCUT2D eigenvalue weighted by molar-refractivity contribution is 0.143. The molecule has 1 aliphatic rings. The first-order valence-corrected chi connectivity index (χ1v) is 10.7. The molecule has 0 unspecified atom stereocenters. The first-order chi connectivity index (χ1) is 15.7. The zero-order valence-electron chi connectivity index (χ0n) is 17.1. The molecule has 0 bridgehead atoms. The van der Waals surface area contributed by atoms with Crippen molar-refractivity contribution in [2.75, 3.05) is 13.2 Å². The quantitative estimate of drug-likeness (QED) is 0.268. The molecular weight excluding hydrogens is 424 g/mol. The second kappa shape index (κ2) is 8.74. The average molecular weight is 443 g/mol. The van der Waals surface area contributed by atoms with Crippen molar-refractivity contribution in [3.8, 4) is 23.0 Å². The Morgan fingerprint density at radius 2 is 1.81 bits per heavy atom. The molecule has 0 radical (unpaired) electrons. The molecule has 2 aromatic heterocycles. The van der Waals surface area contributed by atoms with Gasteiger partial charge in [-0.15, -0.1) is 0 Å². The molecule has 2 N–H and O–H groups in total. The van der Waals surface area contributed by atoms with Gasteiger partial charge in [0.1, 0.15) is 24.0 Å². The van der Waals surface area contributed by atoms with E-state index in [1.54, 1.807) is 6.20 Å². The van der Waals surface area contributed by atoms with Gasteiger partial charge >= 0.3 is 6.09 Å². The molecule has 0 atom stereocenters. The molecule has 1 aliphatic carbocycles. The SMILES string of the molecule is O=C(NCCC#Cc1c[nH]c2c(Cl)ncnc12)OCC1c2ccccc2-c2ccccc21. The van der Waals surface area contributed by atoms with E-state index in [1.165, 1.54) is 28.6 Å². The van der Waals surface area contributed by atoms with Crippen molar-refractivity contribution in [3.63, 3.8) is 0 Å². The molecule has 7 heteroatoms. The highest BCUT2D eigenvalue weighted by atomic mass is 35.5. The van der Waals surface area contributed by atoms with E-state index in [1.807, 2.05) is 24.3 Å². The predicted molar refractivity (Wildman–Crippen MR) is 123 cm³/mol. The Labute approximate surface area is 190 Å². The maximum atomic E-state index is 12.2. The second-order valence-electron chi connectivity index (χ2n) is 7.39. The first kappa shape index (κ1) is 20.1. The van der Waals surface area contributed by atoms with Crippen LogP contribution in [0.15, 0.2) is 61.1 Å². The van der Waals surface area contributed by atoms with E-state index < -0.39 is 6.09 Å². The lowest BCUT2D eigenvalue weighted by Crippen LogP contribution is -2.26. The Bertz CT molecular complexity index is 1320. The lowest BCUT2D eigenvalue weighted by atomic mass is 9.98. The van der Waals surface area contributed by atoms with Gasteiger partial charge in [0.2, 0.25) is 0 Å². The average Bonchev–Trinajstić information content (AvgIpc) is 3.38. The summed E-state index contributed by atoms with van der Waals surface area (Å²) < 4.78 is 5.53. The minimum atomic E-state index is -0.444. The molecule has 0 spiro atoms. The van der Waals surface area contributed by atoms with Crippen LogP contribution in [0, 0.1) is 11.8 Å². The van der Waals surface area contributed by atoms with Gasteiger partial charge in [-0.05, 0) is 22.3 Å². The molecule has 2 aromatic carbocycles. The monoisotopic (exact) mass is 442 g/mol. The summed E-state index contributed by atoms with van der Waals surface area (Å²) in [5.41, 5.74) is 6.88. The number of fused-ring (bicyclic) bond motifs is 4. The van der Waals surface area contributed by atoms with Gasteiger partial charge in [0.25, 0.3) is 0 Å². The van der Waals surface area contributed by atoms with E-state index in [4.69, 9.17) is 16.3 Å². The number of hydrogen-bond acceptors (Lipinski definition) is 4. The topological polar surface area (TPSA) is 79.9 Å². The number of H-pyrrole nitrogens is 1. The molecule has 0 saturated carbocycles. The number of halogens is 1. The summed E-state index contributed by atoms with van der Waals surface area (Å²) in [6.45, 7) is 0.684. The fourth-order valence-electron chi connectivity index (χ4n) is 4.04. The number of carbonyl (C=O) groups is 1. The van der Waals surface area contributed by atoms with Crippen LogP contribution in [0.2, 0.25) is 5.15 Å². The maximum absolute atomic E-state index is 12.2. The van der Waals surface area contributed by atoms with E-state index in [-0.39, 0.29) is 5.92 Å². The van der Waals surface area contributed by atoms with Crippen LogP contribution in [-0.2, 0) is 4.74 Å². The summed E-state index contributed by atoms with van der Waals surface area (Å²) in [6.07, 6.45) is 3.19. The number of aromatic nitrogens is 3. The fourth-order valence-corrected chi connectivity index (χ4v) is 4.23. The highest BCUT2D eigenvalue weighted by molar-refractivity contribution is 6.33. The van der Waals surface area contributed by atoms with Crippen molar-refractivity contribution in [1.29, 1.82) is 0 Å². The molecule has 6 nitrogen and oxygen atoms in total. The molecule has 0 fully saturated rings. The number of hydrogen-bond donors (Lipinski definition) is 2. The molecule has 1 amide bonds. The van der Waals surface area contributed by atoms with Crippen LogP contribution >= 0.6 is 11.6 Å². The van der Waals surface area contributed by atoms with E-state index in [2.05, 4.69) is 56.4 Å². The highest BCUT2D eigenvalue weighted by Gasteiger charge is 2.28. The van der Waals surface area contributed by atoms with Crippen LogP contribution in [0.5, 0.6) is 0 Å². The third kappa shape index (κ3) is 3.79. The largest absolute Gasteiger partial charge is 0.449 e. The number of carbonyl (C=O) groups excluding carboxylic acids is 1. The van der Waals surface area contributed by atoms with Crippen LogP contribution < -0.4 is 5.32 Å². The van der Waals surface area contributed by atoms with Crippen molar-refractivity contribution in [2.45, 2.75) is 12.3 Å². The highest BCUT2D eigenvalue weighted by Crippen LogP contribution is 2.44. The summed E-state index contributed by atoms with van der Waals surface area (Å²) >= 11 is 6.03. The third-order valence-corrected chi connectivity index (χ3v) is 5.79. The van der Waals surface area contributed by atoms with Crippen molar-refractivity contribution in [3.05, 3.63) is 82.9 Å². The third-order valence-electron chi connectivity index (χ3n) is 5.50. The molecule has 158 valence electrons. The van der Waals surface area contributed by atoms with E-state index in [0.717, 1.165) is 5.56 Å². The fraction of sp³-hybridized carbons (Fsp3) is 0.160. The Kier molecular flexibility index (Phi) is 5.49. The van der Waals surface area contributed by atoms with E-state index in [9.17, 15) is 4.79 Å². The molecule has 0 aliphatic heterocycles. The Hall–Kier alpha value is -3.82.